The molecule has 8 heterocycles. The van der Waals surface area contributed by atoms with E-state index in [0.717, 1.165) is 198 Å². The van der Waals surface area contributed by atoms with E-state index in [4.69, 9.17) is 44.9 Å². The van der Waals surface area contributed by atoms with Gasteiger partial charge in [-0.1, -0.05) is 400 Å². The predicted molar refractivity (Wildman–Crippen MR) is 542 cm³/mol. The standard InChI is InChI=1S/C41H26N4.C40H27N2OP.C38H24N4/c1-3-11-28(12-4-1)38-32-15-7-8-16-35(32)43-40-33(38)25-23-29-24-26-34(42-39(29)40)27-19-21-30(22-20-27)41-44-36-17-9-10-18-37(36)45(41)31-13-5-2-6-14-31;43-44(31-14-6-2-7-15-31,32-16-8-3-9-17-32)33-24-20-28(21-25-33)36-27-23-30-22-26-35-38(29-12-4-1-5-13-29)34-18-10-11-19-37(34)42-40(35)39(30)41-36;1-4-12-25(13-5-1)33-24-34(26-14-6-2-7-15-26)42-38(41-33)32-23-21-28-20-22-30-35(27-16-8-3-9-17-27)29-18-10-11-19-31(29)39-37(30)36(28)40-32/h1-26H;1-27H;1-24H. The minimum Gasteiger partial charge on any atom is -0.309 e. The van der Waals surface area contributed by atoms with E-state index in [1.807, 2.05) is 176 Å². The molecule has 131 heavy (non-hydrogen) atoms. The molecule has 0 fully saturated rings. The number of pyridine rings is 6. The summed E-state index contributed by atoms with van der Waals surface area (Å²) in [5.41, 5.74) is 27.6. The molecule has 8 aromatic heterocycles. The first-order valence-corrected chi connectivity index (χ1v) is 45.5. The molecule has 0 saturated heterocycles. The summed E-state index contributed by atoms with van der Waals surface area (Å²) in [5.74, 6) is 1.49. The van der Waals surface area contributed by atoms with Gasteiger partial charge in [-0.05, 0) is 83.4 Å². The van der Waals surface area contributed by atoms with Crippen LogP contribution in [0.15, 0.2) is 467 Å². The summed E-state index contributed by atoms with van der Waals surface area (Å²) in [6.45, 7) is 0. The first kappa shape index (κ1) is 78.5. The van der Waals surface area contributed by atoms with E-state index in [-0.39, 0.29) is 0 Å². The fraction of sp³-hybridized carbons (Fsp3) is 0. The van der Waals surface area contributed by atoms with Crippen molar-refractivity contribution >= 4 is 132 Å². The minimum atomic E-state index is -3.05. The second kappa shape index (κ2) is 33.9. The Hall–Kier alpha value is -17.2. The number of aromatic nitrogens is 10. The molecule has 0 radical (unpaired) electrons. The SMILES string of the molecule is O=P(c1ccccc1)(c1ccccc1)c1ccc(-c2ccc3ccc4c(-c5ccccc5)c5ccccc5nc4c3n2)cc1.c1ccc(-c2c3ccccc3nc3c2ccc2ccc(-c4ccc(-c5nc6ccccc6n5-c5ccccc5)cc4)nc23)cc1.c1ccc(-c2cc(-c3ccccc3)nc(-c3ccc4ccc5c(-c6ccccc6)c6ccccc6nc5c4n3)n2)cc1. The largest absolute Gasteiger partial charge is 0.309 e. The van der Waals surface area contributed by atoms with Gasteiger partial charge in [-0.25, -0.2) is 44.9 Å². The van der Waals surface area contributed by atoms with Crippen LogP contribution in [0.2, 0.25) is 0 Å². The number of para-hydroxylation sites is 6. The highest BCUT2D eigenvalue weighted by Gasteiger charge is 2.30. The molecule has 614 valence electrons. The minimum absolute atomic E-state index is 0.582. The van der Waals surface area contributed by atoms with Crippen LogP contribution < -0.4 is 15.9 Å². The van der Waals surface area contributed by atoms with Gasteiger partial charge in [-0.2, -0.15) is 0 Å². The van der Waals surface area contributed by atoms with Crippen LogP contribution in [0.5, 0.6) is 0 Å². The van der Waals surface area contributed by atoms with Crippen LogP contribution in [0.25, 0.3) is 216 Å². The number of rotatable bonds is 13. The Kier molecular flexibility index (Phi) is 20.3. The van der Waals surface area contributed by atoms with E-state index in [0.29, 0.717) is 11.5 Å². The molecule has 0 aliphatic carbocycles. The second-order valence-corrected chi connectivity index (χ2v) is 35.3. The summed E-state index contributed by atoms with van der Waals surface area (Å²) >= 11 is 0. The van der Waals surface area contributed by atoms with Crippen molar-refractivity contribution in [2.45, 2.75) is 0 Å². The number of fused-ring (bicyclic) bond motifs is 13. The molecule has 0 aliphatic rings. The van der Waals surface area contributed by atoms with Crippen molar-refractivity contribution in [2.24, 2.45) is 0 Å². The van der Waals surface area contributed by atoms with Gasteiger partial charge in [0.25, 0.3) is 0 Å². The van der Waals surface area contributed by atoms with Crippen molar-refractivity contribution in [1.82, 2.24) is 49.4 Å². The molecule has 0 bridgehead atoms. The lowest BCUT2D eigenvalue weighted by Crippen LogP contribution is -2.24. The van der Waals surface area contributed by atoms with Gasteiger partial charge in [0, 0.05) is 115 Å². The Morgan fingerprint density at radius 1 is 0.191 bits per heavy atom. The molecule has 11 nitrogen and oxygen atoms in total. The van der Waals surface area contributed by atoms with Gasteiger partial charge in [0.05, 0.1) is 83.5 Å². The number of hydrogen-bond acceptors (Lipinski definition) is 10. The van der Waals surface area contributed by atoms with E-state index in [2.05, 4.69) is 296 Å². The third kappa shape index (κ3) is 14.7. The summed E-state index contributed by atoms with van der Waals surface area (Å²) < 4.78 is 17.0. The molecular weight excluding hydrogens is 1620 g/mol. The van der Waals surface area contributed by atoms with Crippen LogP contribution >= 0.6 is 7.14 Å². The molecule has 0 atom stereocenters. The van der Waals surface area contributed by atoms with E-state index >= 15 is 0 Å². The lowest BCUT2D eigenvalue weighted by Gasteiger charge is -2.20. The van der Waals surface area contributed by atoms with Crippen molar-refractivity contribution in [2.75, 3.05) is 0 Å². The topological polar surface area (TPSA) is 138 Å². The van der Waals surface area contributed by atoms with Gasteiger partial charge in [0.1, 0.15) is 11.5 Å². The number of imidazole rings is 1. The van der Waals surface area contributed by atoms with Crippen LogP contribution in [-0.4, -0.2) is 49.4 Å². The summed E-state index contributed by atoms with van der Waals surface area (Å²) in [7, 11) is -3.05. The van der Waals surface area contributed by atoms with E-state index < -0.39 is 7.14 Å². The molecule has 25 aromatic rings. The second-order valence-electron chi connectivity index (χ2n) is 32.5. The molecule has 12 heteroatoms. The number of hydrogen-bond donors (Lipinski definition) is 0. The quantitative estimate of drug-likeness (QED) is 0.0623. The molecule has 0 amide bonds. The predicted octanol–water partition coefficient (Wildman–Crippen LogP) is 28.6. The zero-order chi connectivity index (χ0) is 87.1. The highest BCUT2D eigenvalue weighted by molar-refractivity contribution is 7.85. The molecule has 17 aromatic carbocycles. The maximum atomic E-state index is 14.8. The molecular formula is C119H77N10OP. The van der Waals surface area contributed by atoms with E-state index in [1.54, 1.807) is 0 Å². The Morgan fingerprint density at radius 2 is 0.489 bits per heavy atom. The first-order valence-electron chi connectivity index (χ1n) is 43.8. The molecule has 0 unspecified atom stereocenters. The van der Waals surface area contributed by atoms with Crippen molar-refractivity contribution in [3.05, 3.63) is 467 Å². The smallest absolute Gasteiger partial charge is 0.179 e. The maximum Gasteiger partial charge on any atom is 0.179 e. The van der Waals surface area contributed by atoms with Crippen molar-refractivity contribution in [1.29, 1.82) is 0 Å². The highest BCUT2D eigenvalue weighted by atomic mass is 31.2. The number of nitrogens with zero attached hydrogens (tertiary/aromatic N) is 10. The summed E-state index contributed by atoms with van der Waals surface area (Å²) in [6.07, 6.45) is 0. The Morgan fingerprint density at radius 3 is 0.893 bits per heavy atom. The summed E-state index contributed by atoms with van der Waals surface area (Å²) in [4.78, 5) is 46.1. The monoisotopic (exact) mass is 1690 g/mol. The highest BCUT2D eigenvalue weighted by Crippen LogP contribution is 2.46. The van der Waals surface area contributed by atoms with Gasteiger partial charge in [0.2, 0.25) is 0 Å². The molecule has 25 rings (SSSR count). The van der Waals surface area contributed by atoms with Gasteiger partial charge in [-0.15, -0.1) is 0 Å². The summed E-state index contributed by atoms with van der Waals surface area (Å²) in [5, 5.41) is 12.2. The normalized spacial score (nSPS) is 11.5. The van der Waals surface area contributed by atoms with Crippen LogP contribution in [0, 0.1) is 0 Å². The first-order chi connectivity index (χ1) is 64.8. The Bertz CT molecular complexity index is 8600. The van der Waals surface area contributed by atoms with Crippen molar-refractivity contribution in [3.63, 3.8) is 0 Å². The summed E-state index contributed by atoms with van der Waals surface area (Å²) in [6, 6.07) is 159. The Balaban J connectivity index is 0.000000112. The zero-order valence-electron chi connectivity index (χ0n) is 70.8. The lowest BCUT2D eigenvalue weighted by atomic mass is 9.95. The Labute approximate surface area is 755 Å². The molecule has 0 saturated carbocycles. The third-order valence-corrected chi connectivity index (χ3v) is 27.7. The fourth-order valence-electron chi connectivity index (χ4n) is 18.3. The van der Waals surface area contributed by atoms with Crippen LogP contribution in [0.4, 0.5) is 0 Å². The van der Waals surface area contributed by atoms with E-state index in [1.165, 1.54) is 22.3 Å². The molecule has 0 spiro atoms. The average molecular weight is 1690 g/mol. The van der Waals surface area contributed by atoms with Gasteiger partial charge < -0.3 is 4.57 Å². The van der Waals surface area contributed by atoms with Crippen molar-refractivity contribution in [3.8, 4) is 107 Å². The average Bonchev–Trinajstić information content (AvgIpc) is 1.30. The zero-order valence-corrected chi connectivity index (χ0v) is 71.7. The van der Waals surface area contributed by atoms with Crippen LogP contribution in [0.3, 0.4) is 0 Å². The van der Waals surface area contributed by atoms with Crippen molar-refractivity contribution < 1.29 is 4.57 Å². The maximum absolute atomic E-state index is 14.8. The van der Waals surface area contributed by atoms with Crippen LogP contribution in [0.1, 0.15) is 0 Å². The van der Waals surface area contributed by atoms with E-state index in [9.17, 15) is 4.57 Å². The van der Waals surface area contributed by atoms with Gasteiger partial charge in [0.15, 0.2) is 13.0 Å². The fourth-order valence-corrected chi connectivity index (χ4v) is 20.9. The molecule has 0 N–H and O–H groups in total. The molecule has 0 aliphatic heterocycles. The number of benzene rings is 17. The van der Waals surface area contributed by atoms with Gasteiger partial charge in [-0.3, -0.25) is 4.57 Å². The lowest BCUT2D eigenvalue weighted by molar-refractivity contribution is 0.592. The van der Waals surface area contributed by atoms with Crippen LogP contribution in [-0.2, 0) is 4.57 Å². The third-order valence-electron chi connectivity index (χ3n) is 24.6. The van der Waals surface area contributed by atoms with Gasteiger partial charge >= 0.3 is 0 Å².